The summed E-state index contributed by atoms with van der Waals surface area (Å²) in [4.78, 5) is 0. The number of rotatable bonds is 1. The van der Waals surface area contributed by atoms with Crippen LogP contribution in [0.3, 0.4) is 0 Å². The molecule has 0 heterocycles. The molecule has 5 heteroatoms. The summed E-state index contributed by atoms with van der Waals surface area (Å²) in [7, 11) is 0. The minimum Gasteiger partial charge on any atom is -0.410 e. The van der Waals surface area contributed by atoms with Gasteiger partial charge in [0.05, 0.1) is 0 Å². The molecule has 102 valence electrons. The van der Waals surface area contributed by atoms with Gasteiger partial charge in [0.1, 0.15) is 0 Å². The second kappa shape index (κ2) is 4.37. The fraction of sp³-hybridized carbons (Fsp3) is 0.133. The average Bonchev–Trinajstić information content (AvgIpc) is 2.75. The van der Waals surface area contributed by atoms with Crippen LogP contribution in [-0.4, -0.2) is 17.1 Å². The third-order valence-electron chi connectivity index (χ3n) is 3.44. The van der Waals surface area contributed by atoms with Crippen molar-refractivity contribution in [2.24, 2.45) is 5.16 Å². The van der Waals surface area contributed by atoms with Crippen LogP contribution in [0.5, 0.6) is 0 Å². The Hall–Kier alpha value is -2.30. The molecule has 0 aromatic heterocycles. The molecule has 2 aromatic carbocycles. The van der Waals surface area contributed by atoms with E-state index < -0.39 is 11.9 Å². The van der Waals surface area contributed by atoms with Crippen molar-refractivity contribution in [2.75, 3.05) is 0 Å². The third kappa shape index (κ3) is 1.95. The number of oxime groups is 1. The SMILES string of the molecule is O/N=C(/c1ccc2c(c1)Cc1ccccc1-2)C(F)(F)F. The van der Waals surface area contributed by atoms with Crippen molar-refractivity contribution < 1.29 is 18.4 Å². The van der Waals surface area contributed by atoms with Gasteiger partial charge in [0, 0.05) is 5.56 Å². The topological polar surface area (TPSA) is 32.6 Å². The number of nitrogens with zero attached hydrogens (tertiary/aromatic N) is 1. The lowest BCUT2D eigenvalue weighted by Crippen LogP contribution is -2.24. The summed E-state index contributed by atoms with van der Waals surface area (Å²) in [5.74, 6) is 0. The fourth-order valence-corrected chi connectivity index (χ4v) is 2.57. The average molecular weight is 277 g/mol. The Balaban J connectivity index is 2.07. The first-order chi connectivity index (χ1) is 9.50. The zero-order valence-electron chi connectivity index (χ0n) is 10.3. The Kier molecular flexibility index (Phi) is 2.78. The number of fused-ring (bicyclic) bond motifs is 3. The van der Waals surface area contributed by atoms with E-state index in [1.807, 2.05) is 24.3 Å². The monoisotopic (exact) mass is 277 g/mol. The van der Waals surface area contributed by atoms with Crippen LogP contribution in [-0.2, 0) is 6.42 Å². The molecule has 2 aromatic rings. The first kappa shape index (κ1) is 12.7. The van der Waals surface area contributed by atoms with E-state index in [1.54, 1.807) is 6.07 Å². The van der Waals surface area contributed by atoms with E-state index in [4.69, 9.17) is 5.21 Å². The third-order valence-corrected chi connectivity index (χ3v) is 3.44. The zero-order chi connectivity index (χ0) is 14.3. The lowest BCUT2D eigenvalue weighted by atomic mass is 10.0. The molecule has 0 bridgehead atoms. The first-order valence-corrected chi connectivity index (χ1v) is 6.01. The first-order valence-electron chi connectivity index (χ1n) is 6.01. The van der Waals surface area contributed by atoms with Crippen LogP contribution in [0, 0.1) is 0 Å². The predicted octanol–water partition coefficient (Wildman–Crippen LogP) is 4.00. The molecule has 0 fully saturated rings. The molecule has 0 aliphatic heterocycles. The van der Waals surface area contributed by atoms with Gasteiger partial charge in [-0.3, -0.25) is 0 Å². The molecule has 0 radical (unpaired) electrons. The summed E-state index contributed by atoms with van der Waals surface area (Å²) in [6.07, 6.45) is -4.08. The highest BCUT2D eigenvalue weighted by atomic mass is 19.4. The molecular weight excluding hydrogens is 267 g/mol. The molecule has 3 rings (SSSR count). The fourth-order valence-electron chi connectivity index (χ4n) is 2.57. The van der Waals surface area contributed by atoms with Crippen LogP contribution in [0.25, 0.3) is 11.1 Å². The normalized spacial score (nSPS) is 14.1. The van der Waals surface area contributed by atoms with E-state index in [9.17, 15) is 13.2 Å². The Labute approximate surface area is 113 Å². The lowest BCUT2D eigenvalue weighted by Gasteiger charge is -2.10. The van der Waals surface area contributed by atoms with Crippen molar-refractivity contribution in [3.05, 3.63) is 59.2 Å². The standard InChI is InChI=1S/C15H10F3NO/c16-15(17,18)14(19-20)10-5-6-13-11(8-10)7-9-3-1-2-4-12(9)13/h1-6,8,20H,7H2/b19-14-. The molecule has 0 atom stereocenters. The summed E-state index contributed by atoms with van der Waals surface area (Å²) in [6.45, 7) is 0. The highest BCUT2D eigenvalue weighted by molar-refractivity contribution is 6.05. The van der Waals surface area contributed by atoms with Crippen LogP contribution in [0.2, 0.25) is 0 Å². The predicted molar refractivity (Wildman–Crippen MR) is 69.1 cm³/mol. The minimum absolute atomic E-state index is 0.119. The zero-order valence-corrected chi connectivity index (χ0v) is 10.3. The van der Waals surface area contributed by atoms with Gasteiger partial charge in [-0.15, -0.1) is 0 Å². The Morgan fingerprint density at radius 1 is 1.00 bits per heavy atom. The summed E-state index contributed by atoms with van der Waals surface area (Å²) in [5, 5.41) is 11.0. The van der Waals surface area contributed by atoms with E-state index in [0.717, 1.165) is 22.3 Å². The quantitative estimate of drug-likeness (QED) is 0.407. The van der Waals surface area contributed by atoms with Gasteiger partial charge in [0.15, 0.2) is 5.71 Å². The van der Waals surface area contributed by atoms with Crippen LogP contribution in [0.4, 0.5) is 13.2 Å². The molecule has 0 saturated heterocycles. The molecule has 1 aliphatic carbocycles. The molecule has 1 aliphatic rings. The van der Waals surface area contributed by atoms with Crippen LogP contribution in [0.1, 0.15) is 16.7 Å². The van der Waals surface area contributed by atoms with Gasteiger partial charge in [-0.05, 0) is 34.7 Å². The van der Waals surface area contributed by atoms with Crippen molar-refractivity contribution >= 4 is 5.71 Å². The molecule has 1 N–H and O–H groups in total. The maximum absolute atomic E-state index is 12.7. The van der Waals surface area contributed by atoms with E-state index in [1.165, 1.54) is 12.1 Å². The summed E-state index contributed by atoms with van der Waals surface area (Å²) < 4.78 is 38.2. The molecule has 0 spiro atoms. The molecular formula is C15H10F3NO. The van der Waals surface area contributed by atoms with Gasteiger partial charge in [0.2, 0.25) is 0 Å². The largest absolute Gasteiger partial charge is 0.437 e. The van der Waals surface area contributed by atoms with Gasteiger partial charge in [-0.2, -0.15) is 13.2 Å². The van der Waals surface area contributed by atoms with Crippen molar-refractivity contribution in [2.45, 2.75) is 12.6 Å². The van der Waals surface area contributed by atoms with Crippen molar-refractivity contribution in [1.29, 1.82) is 0 Å². The van der Waals surface area contributed by atoms with Crippen LogP contribution in [0.15, 0.2) is 47.6 Å². The second-order valence-electron chi connectivity index (χ2n) is 4.65. The molecule has 0 saturated carbocycles. The number of benzene rings is 2. The van der Waals surface area contributed by atoms with Gasteiger partial charge in [-0.1, -0.05) is 41.6 Å². The van der Waals surface area contributed by atoms with Gasteiger partial charge in [0.25, 0.3) is 0 Å². The van der Waals surface area contributed by atoms with Crippen LogP contribution >= 0.6 is 0 Å². The maximum atomic E-state index is 12.7. The number of hydrogen-bond acceptors (Lipinski definition) is 2. The smallest absolute Gasteiger partial charge is 0.410 e. The van der Waals surface area contributed by atoms with Gasteiger partial charge >= 0.3 is 6.18 Å². The molecule has 2 nitrogen and oxygen atoms in total. The minimum atomic E-state index is -4.67. The lowest BCUT2D eigenvalue weighted by molar-refractivity contribution is -0.0601. The van der Waals surface area contributed by atoms with Crippen molar-refractivity contribution in [1.82, 2.24) is 0 Å². The van der Waals surface area contributed by atoms with Gasteiger partial charge < -0.3 is 5.21 Å². The maximum Gasteiger partial charge on any atom is 0.437 e. The molecule has 0 unspecified atom stereocenters. The second-order valence-corrected chi connectivity index (χ2v) is 4.65. The van der Waals surface area contributed by atoms with Crippen molar-refractivity contribution in [3.63, 3.8) is 0 Å². The van der Waals surface area contributed by atoms with E-state index >= 15 is 0 Å². The molecule has 0 amide bonds. The number of halogens is 3. The number of alkyl halides is 3. The highest BCUT2D eigenvalue weighted by Gasteiger charge is 2.38. The molecule has 20 heavy (non-hydrogen) atoms. The van der Waals surface area contributed by atoms with E-state index in [2.05, 4.69) is 5.16 Å². The Bertz CT molecular complexity index is 705. The van der Waals surface area contributed by atoms with Crippen molar-refractivity contribution in [3.8, 4) is 11.1 Å². The number of hydrogen-bond donors (Lipinski definition) is 1. The summed E-state index contributed by atoms with van der Waals surface area (Å²) in [5.41, 5.74) is 2.50. The highest BCUT2D eigenvalue weighted by Crippen LogP contribution is 2.37. The van der Waals surface area contributed by atoms with Crippen LogP contribution < -0.4 is 0 Å². The summed E-state index contributed by atoms with van der Waals surface area (Å²) in [6, 6.07) is 12.1. The summed E-state index contributed by atoms with van der Waals surface area (Å²) >= 11 is 0. The Morgan fingerprint density at radius 3 is 2.40 bits per heavy atom. The Morgan fingerprint density at radius 2 is 1.70 bits per heavy atom. The van der Waals surface area contributed by atoms with E-state index in [0.29, 0.717) is 6.42 Å². The van der Waals surface area contributed by atoms with Gasteiger partial charge in [-0.25, -0.2) is 0 Å². The van der Waals surface area contributed by atoms with E-state index in [-0.39, 0.29) is 5.56 Å².